The molecule has 0 unspecified atom stereocenters. The fourth-order valence-corrected chi connectivity index (χ4v) is 4.84. The maximum Gasteiger partial charge on any atom is 0.323 e. The van der Waals surface area contributed by atoms with Crippen LogP contribution >= 0.6 is 0 Å². The first-order valence-electron chi connectivity index (χ1n) is 13.5. The van der Waals surface area contributed by atoms with E-state index < -0.39 is 5.41 Å². The Balaban J connectivity index is 2.70. The molecule has 0 N–H and O–H groups in total. The van der Waals surface area contributed by atoms with E-state index in [0.717, 1.165) is 25.7 Å². The van der Waals surface area contributed by atoms with Crippen LogP contribution in [0.15, 0.2) is 0 Å². The summed E-state index contributed by atoms with van der Waals surface area (Å²) in [6.07, 6.45) is 23.5. The van der Waals surface area contributed by atoms with Gasteiger partial charge in [0, 0.05) is 0 Å². The molecule has 0 atom stereocenters. The van der Waals surface area contributed by atoms with Crippen molar-refractivity contribution in [1.29, 1.82) is 0 Å². The van der Waals surface area contributed by atoms with Gasteiger partial charge in [-0.25, -0.2) is 0 Å². The molecule has 0 spiro atoms. The Kier molecular flexibility index (Phi) is 16.7. The third kappa shape index (κ3) is 11.9. The highest BCUT2D eigenvalue weighted by Gasteiger charge is 2.47. The van der Waals surface area contributed by atoms with Gasteiger partial charge in [0.1, 0.15) is 0 Å². The van der Waals surface area contributed by atoms with Gasteiger partial charge in [0.05, 0.1) is 13.2 Å². The van der Waals surface area contributed by atoms with Crippen LogP contribution in [0.25, 0.3) is 0 Å². The minimum absolute atomic E-state index is 0.306. The Morgan fingerprint density at radius 2 is 0.710 bits per heavy atom. The van der Waals surface area contributed by atoms with E-state index in [1.807, 2.05) is 13.8 Å². The van der Waals surface area contributed by atoms with Gasteiger partial charge in [-0.1, -0.05) is 116 Å². The molecule has 0 amide bonds. The first-order valence-corrected chi connectivity index (χ1v) is 13.5. The van der Waals surface area contributed by atoms with Crippen molar-refractivity contribution in [3.63, 3.8) is 0 Å². The molecule has 1 rings (SSSR count). The lowest BCUT2D eigenvalue weighted by molar-refractivity contribution is -0.173. The molecule has 182 valence electrons. The monoisotopic (exact) mass is 438 g/mol. The topological polar surface area (TPSA) is 52.6 Å². The third-order valence-electron chi connectivity index (χ3n) is 6.79. The Morgan fingerprint density at radius 3 is 0.935 bits per heavy atom. The number of ether oxygens (including phenoxy) is 2. The Morgan fingerprint density at radius 1 is 0.484 bits per heavy atom. The van der Waals surface area contributed by atoms with Gasteiger partial charge in [-0.05, 0) is 26.7 Å². The smallest absolute Gasteiger partial charge is 0.323 e. The van der Waals surface area contributed by atoms with Crippen molar-refractivity contribution in [2.24, 2.45) is 5.41 Å². The van der Waals surface area contributed by atoms with Gasteiger partial charge in [0.25, 0.3) is 0 Å². The van der Waals surface area contributed by atoms with Gasteiger partial charge < -0.3 is 9.47 Å². The summed E-state index contributed by atoms with van der Waals surface area (Å²) in [7, 11) is 0. The van der Waals surface area contributed by atoms with E-state index in [9.17, 15) is 9.59 Å². The molecule has 0 aliphatic heterocycles. The van der Waals surface area contributed by atoms with Crippen molar-refractivity contribution in [1.82, 2.24) is 0 Å². The van der Waals surface area contributed by atoms with Gasteiger partial charge in [-0.2, -0.15) is 0 Å². The molecular formula is C27H50O4. The first-order chi connectivity index (χ1) is 15.2. The van der Waals surface area contributed by atoms with Crippen molar-refractivity contribution in [2.45, 2.75) is 142 Å². The average molecular weight is 439 g/mol. The lowest BCUT2D eigenvalue weighted by Crippen LogP contribution is -2.42. The highest BCUT2D eigenvalue weighted by molar-refractivity contribution is 6.00. The molecule has 0 heterocycles. The Hall–Kier alpha value is -1.06. The summed E-state index contributed by atoms with van der Waals surface area (Å²) in [5.74, 6) is -0.737. The molecule has 0 saturated heterocycles. The predicted molar refractivity (Wildman–Crippen MR) is 128 cm³/mol. The van der Waals surface area contributed by atoms with Crippen molar-refractivity contribution in [3.8, 4) is 0 Å². The molecule has 1 aliphatic rings. The van der Waals surface area contributed by atoms with E-state index in [4.69, 9.17) is 9.47 Å². The van der Waals surface area contributed by atoms with E-state index >= 15 is 0 Å². The highest BCUT2D eigenvalue weighted by Crippen LogP contribution is 2.35. The van der Waals surface area contributed by atoms with Gasteiger partial charge in [0.15, 0.2) is 5.41 Å². The highest BCUT2D eigenvalue weighted by atomic mass is 16.6. The molecule has 0 aromatic carbocycles. The van der Waals surface area contributed by atoms with Crippen LogP contribution in [-0.2, 0) is 19.1 Å². The van der Waals surface area contributed by atoms with Crippen molar-refractivity contribution >= 4 is 11.9 Å². The third-order valence-corrected chi connectivity index (χ3v) is 6.79. The zero-order chi connectivity index (χ0) is 22.6. The second-order valence-corrected chi connectivity index (χ2v) is 9.39. The largest absolute Gasteiger partial charge is 0.465 e. The minimum atomic E-state index is -1.11. The first kappa shape index (κ1) is 28.0. The van der Waals surface area contributed by atoms with E-state index in [2.05, 4.69) is 0 Å². The maximum absolute atomic E-state index is 12.9. The number of hydrogen-bond donors (Lipinski definition) is 0. The van der Waals surface area contributed by atoms with Crippen LogP contribution < -0.4 is 0 Å². The summed E-state index contributed by atoms with van der Waals surface area (Å²) in [5, 5.41) is 0. The van der Waals surface area contributed by atoms with Crippen LogP contribution in [0.5, 0.6) is 0 Å². The molecule has 4 nitrogen and oxygen atoms in total. The number of esters is 2. The lowest BCUT2D eigenvalue weighted by Gasteiger charge is -2.29. The molecule has 1 fully saturated rings. The zero-order valence-corrected chi connectivity index (χ0v) is 20.7. The van der Waals surface area contributed by atoms with E-state index in [0.29, 0.717) is 26.1 Å². The number of rotatable bonds is 4. The van der Waals surface area contributed by atoms with Gasteiger partial charge in [-0.15, -0.1) is 0 Å². The van der Waals surface area contributed by atoms with E-state index in [1.54, 1.807) is 0 Å². The molecular weight excluding hydrogens is 388 g/mol. The van der Waals surface area contributed by atoms with Crippen LogP contribution in [-0.4, -0.2) is 25.2 Å². The molecule has 1 saturated carbocycles. The summed E-state index contributed by atoms with van der Waals surface area (Å²) in [6.45, 7) is 4.23. The van der Waals surface area contributed by atoms with Gasteiger partial charge in [0.2, 0.25) is 0 Å². The fourth-order valence-electron chi connectivity index (χ4n) is 4.84. The number of carbonyl (C=O) groups excluding carboxylic acids is 2. The van der Waals surface area contributed by atoms with Crippen molar-refractivity contribution < 1.29 is 19.1 Å². The van der Waals surface area contributed by atoms with Crippen LogP contribution in [0, 0.1) is 5.41 Å². The average Bonchev–Trinajstić information content (AvgIpc) is 2.76. The van der Waals surface area contributed by atoms with E-state index in [-0.39, 0.29) is 11.9 Å². The van der Waals surface area contributed by atoms with Gasteiger partial charge >= 0.3 is 11.9 Å². The molecule has 0 aromatic heterocycles. The van der Waals surface area contributed by atoms with Crippen LogP contribution in [0.2, 0.25) is 0 Å². The van der Waals surface area contributed by atoms with Crippen molar-refractivity contribution in [3.05, 3.63) is 0 Å². The maximum atomic E-state index is 12.9. The molecule has 31 heavy (non-hydrogen) atoms. The summed E-state index contributed by atoms with van der Waals surface area (Å²) < 4.78 is 10.8. The quantitative estimate of drug-likeness (QED) is 0.330. The summed E-state index contributed by atoms with van der Waals surface area (Å²) in [4.78, 5) is 25.9. The summed E-state index contributed by atoms with van der Waals surface area (Å²) in [5.41, 5.74) is -1.11. The molecule has 1 aliphatic carbocycles. The molecule has 0 aromatic rings. The summed E-state index contributed by atoms with van der Waals surface area (Å²) >= 11 is 0. The lowest BCUT2D eigenvalue weighted by atomic mass is 9.77. The molecule has 4 heteroatoms. The normalized spacial score (nSPS) is 21.4. The van der Waals surface area contributed by atoms with Crippen LogP contribution in [0.1, 0.15) is 142 Å². The standard InChI is InChI=1S/C27H50O4/c1-3-30-25(28)27(26(29)31-4-2)23-21-19-17-15-13-11-9-7-5-6-8-10-12-14-16-18-20-22-24-27/h3-24H2,1-2H3. The SMILES string of the molecule is CCOC(=O)C1(C(=O)OCC)CCCCCCCCCCCCCCCCCCCC1. The molecule has 0 bridgehead atoms. The summed E-state index contributed by atoms with van der Waals surface area (Å²) in [6, 6.07) is 0. The van der Waals surface area contributed by atoms with Gasteiger partial charge in [-0.3, -0.25) is 9.59 Å². The van der Waals surface area contributed by atoms with Crippen LogP contribution in [0.4, 0.5) is 0 Å². The Labute approximate surface area is 192 Å². The number of hydrogen-bond acceptors (Lipinski definition) is 4. The molecule has 0 radical (unpaired) electrons. The predicted octanol–water partition coefficient (Wildman–Crippen LogP) is 7.91. The second-order valence-electron chi connectivity index (χ2n) is 9.39. The number of carbonyl (C=O) groups is 2. The van der Waals surface area contributed by atoms with E-state index in [1.165, 1.54) is 89.9 Å². The minimum Gasteiger partial charge on any atom is -0.465 e. The Bertz CT molecular complexity index is 418. The zero-order valence-electron chi connectivity index (χ0n) is 20.7. The van der Waals surface area contributed by atoms with Crippen LogP contribution in [0.3, 0.4) is 0 Å². The fraction of sp³-hybridized carbons (Fsp3) is 0.926. The second kappa shape index (κ2) is 18.5. The van der Waals surface area contributed by atoms with Crippen molar-refractivity contribution in [2.75, 3.05) is 13.2 Å².